The van der Waals surface area contributed by atoms with E-state index in [1.54, 1.807) is 0 Å². The fourth-order valence-electron chi connectivity index (χ4n) is 2.50. The van der Waals surface area contributed by atoms with Crippen LogP contribution in [0.4, 0.5) is 0 Å². The Morgan fingerprint density at radius 2 is 1.80 bits per heavy atom. The van der Waals surface area contributed by atoms with Crippen LogP contribution in [0.2, 0.25) is 0 Å². The standard InChI is InChI=1S/C15H17BrO4/c16-12-3-1-11(2-4-12)9-13(17)10-15(14(18)19)5-7-20-8-6-15/h1-4H,5-10H2,(H,18,19). The zero-order valence-corrected chi connectivity index (χ0v) is 12.7. The fraction of sp³-hybridized carbons (Fsp3) is 0.467. The minimum Gasteiger partial charge on any atom is -0.481 e. The summed E-state index contributed by atoms with van der Waals surface area (Å²) in [6.07, 6.45) is 1.19. The van der Waals surface area contributed by atoms with Crippen LogP contribution in [0.15, 0.2) is 28.7 Å². The van der Waals surface area contributed by atoms with Gasteiger partial charge in [0.05, 0.1) is 5.41 Å². The summed E-state index contributed by atoms with van der Waals surface area (Å²) in [5.74, 6) is -0.915. The lowest BCUT2D eigenvalue weighted by Gasteiger charge is -2.32. The highest BCUT2D eigenvalue weighted by molar-refractivity contribution is 9.10. The normalized spacial score (nSPS) is 17.6. The molecule has 5 heteroatoms. The SMILES string of the molecule is O=C(Cc1ccc(Br)cc1)CC1(C(=O)O)CCOCC1. The van der Waals surface area contributed by atoms with E-state index < -0.39 is 11.4 Å². The smallest absolute Gasteiger partial charge is 0.310 e. The summed E-state index contributed by atoms with van der Waals surface area (Å²) in [7, 11) is 0. The van der Waals surface area contributed by atoms with Crippen LogP contribution in [0.25, 0.3) is 0 Å². The highest BCUT2D eigenvalue weighted by Crippen LogP contribution is 2.35. The van der Waals surface area contributed by atoms with Crippen molar-refractivity contribution in [2.45, 2.75) is 25.7 Å². The monoisotopic (exact) mass is 340 g/mol. The van der Waals surface area contributed by atoms with E-state index in [0.29, 0.717) is 26.1 Å². The largest absolute Gasteiger partial charge is 0.481 e. The molecule has 0 saturated carbocycles. The summed E-state index contributed by atoms with van der Waals surface area (Å²) in [6.45, 7) is 0.829. The summed E-state index contributed by atoms with van der Waals surface area (Å²) in [6, 6.07) is 7.51. The molecule has 20 heavy (non-hydrogen) atoms. The molecule has 0 aromatic heterocycles. The topological polar surface area (TPSA) is 63.6 Å². The second-order valence-corrected chi connectivity index (χ2v) is 6.13. The molecule has 0 atom stereocenters. The van der Waals surface area contributed by atoms with Crippen molar-refractivity contribution in [1.82, 2.24) is 0 Å². The van der Waals surface area contributed by atoms with Crippen LogP contribution >= 0.6 is 15.9 Å². The maximum Gasteiger partial charge on any atom is 0.310 e. The molecule has 1 fully saturated rings. The Kier molecular flexibility index (Phi) is 4.94. The first-order valence-electron chi connectivity index (χ1n) is 6.59. The number of aliphatic carboxylic acids is 1. The predicted molar refractivity (Wildman–Crippen MR) is 77.6 cm³/mol. The van der Waals surface area contributed by atoms with E-state index in [2.05, 4.69) is 15.9 Å². The van der Waals surface area contributed by atoms with Crippen molar-refractivity contribution in [1.29, 1.82) is 0 Å². The Hall–Kier alpha value is -1.20. The van der Waals surface area contributed by atoms with Crippen LogP contribution in [-0.4, -0.2) is 30.1 Å². The second-order valence-electron chi connectivity index (χ2n) is 5.22. The van der Waals surface area contributed by atoms with E-state index >= 15 is 0 Å². The van der Waals surface area contributed by atoms with Crippen LogP contribution in [-0.2, 0) is 20.7 Å². The van der Waals surface area contributed by atoms with E-state index in [4.69, 9.17) is 4.74 Å². The number of carbonyl (C=O) groups excluding carboxylic acids is 1. The lowest BCUT2D eigenvalue weighted by Crippen LogP contribution is -2.39. The molecule has 0 amide bonds. The minimum atomic E-state index is -0.940. The molecular weight excluding hydrogens is 324 g/mol. The summed E-state index contributed by atoms with van der Waals surface area (Å²) in [5.41, 5.74) is -0.0316. The number of Topliss-reactive ketones (excluding diaryl/α,β-unsaturated/α-hetero) is 1. The van der Waals surface area contributed by atoms with Gasteiger partial charge in [-0.15, -0.1) is 0 Å². The maximum atomic E-state index is 12.2. The first kappa shape index (κ1) is 15.2. The van der Waals surface area contributed by atoms with Crippen molar-refractivity contribution in [3.63, 3.8) is 0 Å². The third kappa shape index (κ3) is 3.67. The molecule has 1 aliphatic rings. The van der Waals surface area contributed by atoms with Gasteiger partial charge in [0, 0.05) is 30.5 Å². The highest BCUT2D eigenvalue weighted by Gasteiger charge is 2.41. The average Bonchev–Trinajstić information content (AvgIpc) is 2.42. The van der Waals surface area contributed by atoms with Gasteiger partial charge in [-0.1, -0.05) is 28.1 Å². The second kappa shape index (κ2) is 6.50. The highest BCUT2D eigenvalue weighted by atomic mass is 79.9. The molecule has 0 radical (unpaired) electrons. The van der Waals surface area contributed by atoms with Gasteiger partial charge in [0.25, 0.3) is 0 Å². The quantitative estimate of drug-likeness (QED) is 0.895. The third-order valence-electron chi connectivity index (χ3n) is 3.75. The lowest BCUT2D eigenvalue weighted by molar-refractivity contribution is -0.157. The van der Waals surface area contributed by atoms with Crippen LogP contribution in [0.1, 0.15) is 24.8 Å². The Morgan fingerprint density at radius 1 is 1.20 bits per heavy atom. The minimum absolute atomic E-state index is 0.0309. The number of carbonyl (C=O) groups is 2. The molecule has 2 rings (SSSR count). The first-order valence-corrected chi connectivity index (χ1v) is 7.38. The molecule has 1 saturated heterocycles. The van der Waals surface area contributed by atoms with Crippen LogP contribution in [0.5, 0.6) is 0 Å². The Balaban J connectivity index is 2.01. The molecule has 4 nitrogen and oxygen atoms in total. The van der Waals surface area contributed by atoms with Crippen LogP contribution in [0.3, 0.4) is 0 Å². The zero-order valence-electron chi connectivity index (χ0n) is 11.1. The Bertz CT molecular complexity index is 489. The lowest BCUT2D eigenvalue weighted by atomic mass is 9.75. The van der Waals surface area contributed by atoms with Gasteiger partial charge in [0.2, 0.25) is 0 Å². The van der Waals surface area contributed by atoms with E-state index in [0.717, 1.165) is 10.0 Å². The van der Waals surface area contributed by atoms with Crippen molar-refractivity contribution in [2.75, 3.05) is 13.2 Å². The number of rotatable bonds is 5. The Morgan fingerprint density at radius 3 is 2.35 bits per heavy atom. The summed E-state index contributed by atoms with van der Waals surface area (Å²) in [5, 5.41) is 9.43. The van der Waals surface area contributed by atoms with E-state index in [9.17, 15) is 14.7 Å². The first-order chi connectivity index (χ1) is 9.52. The molecule has 0 aliphatic carbocycles. The van der Waals surface area contributed by atoms with Gasteiger partial charge in [0.1, 0.15) is 5.78 Å². The predicted octanol–water partition coefficient (Wildman–Crippen LogP) is 2.83. The van der Waals surface area contributed by atoms with Gasteiger partial charge < -0.3 is 9.84 Å². The van der Waals surface area contributed by atoms with E-state index in [1.165, 1.54) is 0 Å². The average molecular weight is 341 g/mol. The van der Waals surface area contributed by atoms with Gasteiger partial charge in [0.15, 0.2) is 0 Å². The van der Waals surface area contributed by atoms with Crippen molar-refractivity contribution >= 4 is 27.7 Å². The number of halogens is 1. The number of ketones is 1. The van der Waals surface area contributed by atoms with Crippen LogP contribution < -0.4 is 0 Å². The number of carboxylic acid groups (broad SMARTS) is 1. The van der Waals surface area contributed by atoms with Crippen molar-refractivity contribution in [3.05, 3.63) is 34.3 Å². The van der Waals surface area contributed by atoms with Crippen molar-refractivity contribution in [2.24, 2.45) is 5.41 Å². The van der Waals surface area contributed by atoms with Crippen molar-refractivity contribution in [3.8, 4) is 0 Å². The summed E-state index contributed by atoms with van der Waals surface area (Å²) in [4.78, 5) is 23.7. The molecular formula is C15H17BrO4. The van der Waals surface area contributed by atoms with Gasteiger partial charge in [-0.05, 0) is 30.5 Å². The molecule has 1 N–H and O–H groups in total. The molecule has 1 heterocycles. The zero-order chi connectivity index (χ0) is 14.6. The van der Waals surface area contributed by atoms with E-state index in [1.807, 2.05) is 24.3 Å². The molecule has 108 valence electrons. The number of carboxylic acids is 1. The number of hydrogen-bond donors (Lipinski definition) is 1. The van der Waals surface area contributed by atoms with Gasteiger partial charge in [-0.25, -0.2) is 0 Å². The molecule has 1 aromatic carbocycles. The number of hydrogen-bond acceptors (Lipinski definition) is 3. The van der Waals surface area contributed by atoms with Crippen molar-refractivity contribution < 1.29 is 19.4 Å². The van der Waals surface area contributed by atoms with Gasteiger partial charge >= 0.3 is 5.97 Å². The third-order valence-corrected chi connectivity index (χ3v) is 4.28. The molecule has 0 spiro atoms. The van der Waals surface area contributed by atoms with Gasteiger partial charge in [-0.3, -0.25) is 9.59 Å². The molecule has 1 aromatic rings. The fourth-order valence-corrected chi connectivity index (χ4v) is 2.76. The van der Waals surface area contributed by atoms with Crippen LogP contribution in [0, 0.1) is 5.41 Å². The number of benzene rings is 1. The Labute approximate surface area is 126 Å². The molecule has 0 unspecified atom stereocenters. The maximum absolute atomic E-state index is 12.2. The molecule has 0 bridgehead atoms. The van der Waals surface area contributed by atoms with Gasteiger partial charge in [-0.2, -0.15) is 0 Å². The molecule has 1 aliphatic heterocycles. The number of ether oxygens (including phenoxy) is 1. The summed E-state index contributed by atoms with van der Waals surface area (Å²) < 4.78 is 6.17. The summed E-state index contributed by atoms with van der Waals surface area (Å²) >= 11 is 3.34. The van der Waals surface area contributed by atoms with E-state index in [-0.39, 0.29) is 18.6 Å².